The number of benzene rings is 1. The molecule has 0 amide bonds. The molecule has 1 aliphatic carbocycles. The molecule has 11 heteroatoms. The molecule has 2 heterocycles. The minimum Gasteiger partial charge on any atom is -0.333 e. The van der Waals surface area contributed by atoms with Crippen molar-refractivity contribution in [2.75, 3.05) is 4.72 Å². The first-order chi connectivity index (χ1) is 12.4. The Kier molecular flexibility index (Phi) is 3.96. The lowest BCUT2D eigenvalue weighted by Gasteiger charge is -2.07. The van der Waals surface area contributed by atoms with Crippen LogP contribution in [0.4, 0.5) is 11.4 Å². The zero-order valence-electron chi connectivity index (χ0n) is 13.2. The fourth-order valence-corrected chi connectivity index (χ4v) is 4.25. The van der Waals surface area contributed by atoms with E-state index in [0.29, 0.717) is 22.3 Å². The van der Waals surface area contributed by atoms with Crippen molar-refractivity contribution >= 4 is 32.7 Å². The zero-order chi connectivity index (χ0) is 18.3. The van der Waals surface area contributed by atoms with Crippen molar-refractivity contribution in [2.45, 2.75) is 23.7 Å². The lowest BCUT2D eigenvalue weighted by atomic mass is 10.3. The lowest BCUT2D eigenvalue weighted by molar-refractivity contribution is -0.384. The van der Waals surface area contributed by atoms with Crippen molar-refractivity contribution in [2.24, 2.45) is 0 Å². The second-order valence-corrected chi connectivity index (χ2v) is 8.35. The molecule has 0 radical (unpaired) electrons. The van der Waals surface area contributed by atoms with Crippen LogP contribution in [0.15, 0.2) is 45.1 Å². The summed E-state index contributed by atoms with van der Waals surface area (Å²) in [5.74, 6) is 1.23. The third kappa shape index (κ3) is 3.18. The van der Waals surface area contributed by atoms with E-state index in [9.17, 15) is 18.5 Å². The van der Waals surface area contributed by atoms with Gasteiger partial charge >= 0.3 is 0 Å². The van der Waals surface area contributed by atoms with Gasteiger partial charge in [0, 0.05) is 18.1 Å². The van der Waals surface area contributed by atoms with Crippen LogP contribution in [0.5, 0.6) is 0 Å². The number of nitro benzene ring substituents is 1. The van der Waals surface area contributed by atoms with Crippen molar-refractivity contribution in [3.05, 3.63) is 51.7 Å². The monoisotopic (exact) mass is 392 g/mol. The fraction of sp³-hybridized carbons (Fsp3) is 0.200. The summed E-state index contributed by atoms with van der Waals surface area (Å²) < 4.78 is 32.8. The number of non-ortho nitro benzene ring substituents is 1. The number of hydrogen-bond acceptors (Lipinski definition) is 8. The highest BCUT2D eigenvalue weighted by Crippen LogP contribution is 2.40. The minimum absolute atomic E-state index is 0.0792. The van der Waals surface area contributed by atoms with Gasteiger partial charge in [0.1, 0.15) is 4.88 Å². The van der Waals surface area contributed by atoms with Crippen molar-refractivity contribution < 1.29 is 17.9 Å². The SMILES string of the molecule is O=[N+]([O-])c1ccc(S(=O)(=O)Nc2ccsc2-c2nc(C3CC3)no2)cc1. The van der Waals surface area contributed by atoms with E-state index in [2.05, 4.69) is 14.9 Å². The van der Waals surface area contributed by atoms with Gasteiger partial charge in [-0.05, 0) is 36.4 Å². The molecule has 1 saturated carbocycles. The summed E-state index contributed by atoms with van der Waals surface area (Å²) in [4.78, 5) is 14.9. The summed E-state index contributed by atoms with van der Waals surface area (Å²) >= 11 is 1.28. The Labute approximate surface area is 151 Å². The van der Waals surface area contributed by atoms with Crippen LogP contribution in [0.25, 0.3) is 10.8 Å². The summed E-state index contributed by atoms with van der Waals surface area (Å²) in [5.41, 5.74) is 0.137. The Morgan fingerprint density at radius 1 is 1.23 bits per heavy atom. The Bertz CT molecular complexity index is 1070. The first-order valence-electron chi connectivity index (χ1n) is 7.63. The molecule has 9 nitrogen and oxygen atoms in total. The van der Waals surface area contributed by atoms with Crippen LogP contribution in [0.1, 0.15) is 24.6 Å². The van der Waals surface area contributed by atoms with E-state index in [1.54, 1.807) is 11.4 Å². The van der Waals surface area contributed by atoms with Gasteiger partial charge in [0.05, 0.1) is 15.5 Å². The molecule has 134 valence electrons. The third-order valence-electron chi connectivity index (χ3n) is 3.85. The molecule has 0 bridgehead atoms. The van der Waals surface area contributed by atoms with Gasteiger partial charge < -0.3 is 4.52 Å². The second-order valence-electron chi connectivity index (χ2n) is 5.75. The maximum Gasteiger partial charge on any atom is 0.270 e. The Morgan fingerprint density at radius 2 is 1.96 bits per heavy atom. The predicted molar refractivity (Wildman–Crippen MR) is 93.5 cm³/mol. The number of nitro groups is 1. The summed E-state index contributed by atoms with van der Waals surface area (Å²) in [6, 6.07) is 6.25. The summed E-state index contributed by atoms with van der Waals surface area (Å²) in [5, 5.41) is 16.3. The molecule has 0 unspecified atom stereocenters. The quantitative estimate of drug-likeness (QED) is 0.503. The van der Waals surface area contributed by atoms with Crippen LogP contribution in [0, 0.1) is 10.1 Å². The molecule has 4 rings (SSSR count). The van der Waals surface area contributed by atoms with Crippen molar-refractivity contribution in [1.29, 1.82) is 0 Å². The topological polar surface area (TPSA) is 128 Å². The molecule has 0 spiro atoms. The van der Waals surface area contributed by atoms with Crippen LogP contribution in [0.3, 0.4) is 0 Å². The van der Waals surface area contributed by atoms with Crippen LogP contribution >= 0.6 is 11.3 Å². The second kappa shape index (κ2) is 6.18. The summed E-state index contributed by atoms with van der Waals surface area (Å²) in [6.45, 7) is 0. The molecule has 1 aliphatic rings. The van der Waals surface area contributed by atoms with Gasteiger partial charge in [-0.15, -0.1) is 11.3 Å². The molecular weight excluding hydrogens is 380 g/mol. The van der Waals surface area contributed by atoms with Crippen LogP contribution in [0.2, 0.25) is 0 Å². The maximum atomic E-state index is 12.5. The first kappa shape index (κ1) is 16.7. The minimum atomic E-state index is -3.91. The maximum absolute atomic E-state index is 12.5. The van der Waals surface area contributed by atoms with E-state index in [-0.39, 0.29) is 16.5 Å². The summed E-state index contributed by atoms with van der Waals surface area (Å²) in [7, 11) is -3.91. The molecular formula is C15H12N4O5S2. The Hall–Kier alpha value is -2.79. The van der Waals surface area contributed by atoms with E-state index < -0.39 is 14.9 Å². The van der Waals surface area contributed by atoms with E-state index in [1.165, 1.54) is 23.5 Å². The molecule has 3 aromatic rings. The smallest absolute Gasteiger partial charge is 0.270 e. The number of aromatic nitrogens is 2. The van der Waals surface area contributed by atoms with Gasteiger partial charge in [-0.2, -0.15) is 4.98 Å². The van der Waals surface area contributed by atoms with Gasteiger partial charge in [-0.3, -0.25) is 14.8 Å². The largest absolute Gasteiger partial charge is 0.333 e. The van der Waals surface area contributed by atoms with E-state index >= 15 is 0 Å². The predicted octanol–water partition coefficient (Wildman–Crippen LogP) is 3.38. The van der Waals surface area contributed by atoms with E-state index in [4.69, 9.17) is 4.52 Å². The van der Waals surface area contributed by atoms with Crippen molar-refractivity contribution in [1.82, 2.24) is 10.1 Å². The number of nitrogens with zero attached hydrogens (tertiary/aromatic N) is 3. The van der Waals surface area contributed by atoms with Gasteiger partial charge in [-0.25, -0.2) is 8.42 Å². The molecule has 0 saturated heterocycles. The Balaban J connectivity index is 1.60. The number of thiophene rings is 1. The molecule has 1 N–H and O–H groups in total. The van der Waals surface area contributed by atoms with Crippen LogP contribution in [-0.4, -0.2) is 23.5 Å². The standard InChI is InChI=1S/C15H12N4O5S2/c20-19(21)10-3-5-11(6-4-10)26(22,23)18-12-7-8-25-13(12)15-16-14(17-24-15)9-1-2-9/h3-9,18H,1-2H2. The van der Waals surface area contributed by atoms with Crippen LogP contribution in [-0.2, 0) is 10.0 Å². The number of hydrogen-bond donors (Lipinski definition) is 1. The normalized spacial score (nSPS) is 14.3. The Morgan fingerprint density at radius 3 is 2.62 bits per heavy atom. The first-order valence-corrected chi connectivity index (χ1v) is 9.99. The van der Waals surface area contributed by atoms with Gasteiger partial charge in [0.15, 0.2) is 5.82 Å². The van der Waals surface area contributed by atoms with Crippen molar-refractivity contribution in [3.8, 4) is 10.8 Å². The zero-order valence-corrected chi connectivity index (χ0v) is 14.8. The highest BCUT2D eigenvalue weighted by Gasteiger charge is 2.30. The molecule has 26 heavy (non-hydrogen) atoms. The van der Waals surface area contributed by atoms with Crippen molar-refractivity contribution in [3.63, 3.8) is 0 Å². The van der Waals surface area contributed by atoms with E-state index in [1.807, 2.05) is 0 Å². The number of nitrogens with one attached hydrogen (secondary N) is 1. The average Bonchev–Trinajstić information content (AvgIpc) is 3.17. The molecule has 1 fully saturated rings. The van der Waals surface area contributed by atoms with Gasteiger partial charge in [0.25, 0.3) is 21.6 Å². The number of anilines is 1. The number of rotatable bonds is 6. The molecule has 1 aromatic carbocycles. The van der Waals surface area contributed by atoms with E-state index in [0.717, 1.165) is 25.0 Å². The van der Waals surface area contributed by atoms with Crippen LogP contribution < -0.4 is 4.72 Å². The van der Waals surface area contributed by atoms with Gasteiger partial charge in [0.2, 0.25) is 0 Å². The highest BCUT2D eigenvalue weighted by molar-refractivity contribution is 7.92. The highest BCUT2D eigenvalue weighted by atomic mass is 32.2. The average molecular weight is 392 g/mol. The summed E-state index contributed by atoms with van der Waals surface area (Å²) in [6.07, 6.45) is 2.06. The molecule has 2 aromatic heterocycles. The van der Waals surface area contributed by atoms with Gasteiger partial charge in [-0.1, -0.05) is 5.16 Å². The molecule has 0 atom stereocenters. The third-order valence-corrected chi connectivity index (χ3v) is 6.13. The number of sulfonamides is 1. The fourth-order valence-electron chi connectivity index (χ4n) is 2.34. The molecule has 0 aliphatic heterocycles. The lowest BCUT2D eigenvalue weighted by Crippen LogP contribution is -2.13.